The van der Waals surface area contributed by atoms with E-state index in [2.05, 4.69) is 24.4 Å². The molecule has 0 aliphatic heterocycles. The van der Waals surface area contributed by atoms with E-state index in [-0.39, 0.29) is 11.8 Å². The number of hydrogen-bond donors (Lipinski definition) is 2. The summed E-state index contributed by atoms with van der Waals surface area (Å²) in [5.74, 6) is 0.612. The molecule has 1 saturated carbocycles. The molecule has 1 fully saturated rings. The van der Waals surface area contributed by atoms with Gasteiger partial charge in [-0.25, -0.2) is 0 Å². The Balaban J connectivity index is 1.84. The van der Waals surface area contributed by atoms with Gasteiger partial charge in [-0.2, -0.15) is 0 Å². The summed E-state index contributed by atoms with van der Waals surface area (Å²) >= 11 is 1.77. The summed E-state index contributed by atoms with van der Waals surface area (Å²) in [5, 5.41) is 11.8. The molecule has 2 rings (SSSR count). The van der Waals surface area contributed by atoms with Crippen LogP contribution in [-0.4, -0.2) is 23.7 Å². The lowest BCUT2D eigenvalue weighted by Crippen LogP contribution is -2.31. The number of carbonyl (C=O) groups excluding carboxylic acids is 1. The van der Waals surface area contributed by atoms with Gasteiger partial charge in [0.05, 0.1) is 6.10 Å². The Hall–Kier alpha value is -0.870. The van der Waals surface area contributed by atoms with Crippen LogP contribution in [0.3, 0.4) is 0 Å². The minimum atomic E-state index is -0.467. The van der Waals surface area contributed by atoms with Gasteiger partial charge < -0.3 is 10.4 Å². The van der Waals surface area contributed by atoms with Crippen LogP contribution < -0.4 is 5.32 Å². The van der Waals surface area contributed by atoms with Crippen LogP contribution >= 0.6 is 11.3 Å². The molecule has 4 heteroatoms. The first-order chi connectivity index (χ1) is 7.58. The Kier molecular flexibility index (Phi) is 3.30. The monoisotopic (exact) mass is 239 g/mol. The van der Waals surface area contributed by atoms with Crippen molar-refractivity contribution in [1.82, 2.24) is 5.32 Å². The number of aliphatic hydroxyl groups is 1. The highest BCUT2D eigenvalue weighted by Gasteiger charge is 2.44. The predicted molar refractivity (Wildman–Crippen MR) is 64.6 cm³/mol. The number of nitrogens with one attached hydrogen (secondary N) is 1. The number of aliphatic hydroxyl groups excluding tert-OH is 1. The van der Waals surface area contributed by atoms with Crippen molar-refractivity contribution in [2.75, 3.05) is 6.54 Å². The largest absolute Gasteiger partial charge is 0.392 e. The smallest absolute Gasteiger partial charge is 0.223 e. The maximum absolute atomic E-state index is 11.7. The minimum absolute atomic E-state index is 0.0805. The summed E-state index contributed by atoms with van der Waals surface area (Å²) in [6.07, 6.45) is 0.483. The van der Waals surface area contributed by atoms with E-state index < -0.39 is 6.10 Å². The van der Waals surface area contributed by atoms with Crippen molar-refractivity contribution in [2.45, 2.75) is 32.3 Å². The Bertz CT molecular complexity index is 386. The molecule has 88 valence electrons. The van der Waals surface area contributed by atoms with Crippen molar-refractivity contribution in [1.29, 1.82) is 0 Å². The predicted octanol–water partition coefficient (Wildman–Crippen LogP) is 1.66. The van der Waals surface area contributed by atoms with Crippen molar-refractivity contribution in [3.63, 3.8) is 0 Å². The van der Waals surface area contributed by atoms with E-state index in [1.807, 2.05) is 0 Å². The number of carbonyl (C=O) groups is 1. The fourth-order valence-corrected chi connectivity index (χ4v) is 2.89. The Morgan fingerprint density at radius 3 is 3.00 bits per heavy atom. The molecule has 0 bridgehead atoms. The molecule has 1 aromatic heterocycles. The first kappa shape index (κ1) is 11.6. The number of rotatable bonds is 4. The van der Waals surface area contributed by atoms with Crippen LogP contribution in [0.4, 0.5) is 0 Å². The molecule has 16 heavy (non-hydrogen) atoms. The van der Waals surface area contributed by atoms with Crippen molar-refractivity contribution in [2.24, 2.45) is 5.92 Å². The fourth-order valence-electron chi connectivity index (χ4n) is 1.83. The van der Waals surface area contributed by atoms with Crippen molar-refractivity contribution in [3.8, 4) is 0 Å². The van der Waals surface area contributed by atoms with Crippen molar-refractivity contribution in [3.05, 3.63) is 21.9 Å². The van der Waals surface area contributed by atoms with Crippen LogP contribution in [0.1, 0.15) is 29.0 Å². The van der Waals surface area contributed by atoms with Gasteiger partial charge in [0.15, 0.2) is 0 Å². The van der Waals surface area contributed by atoms with E-state index in [4.69, 9.17) is 5.11 Å². The molecular weight excluding hydrogens is 222 g/mol. The van der Waals surface area contributed by atoms with Gasteiger partial charge in [0, 0.05) is 28.1 Å². The normalized spacial score (nSPS) is 25.2. The molecule has 0 saturated heterocycles. The molecule has 1 aromatic rings. The summed E-state index contributed by atoms with van der Waals surface area (Å²) in [6.45, 7) is 4.11. The molecule has 1 heterocycles. The first-order valence-corrected chi connectivity index (χ1v) is 6.41. The highest BCUT2D eigenvalue weighted by molar-refractivity contribution is 7.12. The topological polar surface area (TPSA) is 49.3 Å². The van der Waals surface area contributed by atoms with Gasteiger partial charge in [0.2, 0.25) is 5.91 Å². The first-order valence-electron chi connectivity index (χ1n) is 5.60. The molecule has 3 nitrogen and oxygen atoms in total. The van der Waals surface area contributed by atoms with Gasteiger partial charge in [0.1, 0.15) is 0 Å². The summed E-state index contributed by atoms with van der Waals surface area (Å²) in [5.41, 5.74) is 0. The van der Waals surface area contributed by atoms with Crippen molar-refractivity contribution < 1.29 is 9.90 Å². The van der Waals surface area contributed by atoms with Gasteiger partial charge in [0.25, 0.3) is 0 Å². The minimum Gasteiger partial charge on any atom is -0.392 e. The second-order valence-electron chi connectivity index (χ2n) is 4.49. The SMILES string of the molecule is Cc1ccc(C2CC2C(=O)NCC(C)O)s1. The molecule has 1 aliphatic rings. The molecule has 0 spiro atoms. The Morgan fingerprint density at radius 1 is 1.69 bits per heavy atom. The summed E-state index contributed by atoms with van der Waals surface area (Å²) < 4.78 is 0. The highest BCUT2D eigenvalue weighted by atomic mass is 32.1. The third-order valence-corrected chi connectivity index (χ3v) is 3.96. The third-order valence-electron chi connectivity index (χ3n) is 2.83. The molecule has 3 unspecified atom stereocenters. The average molecular weight is 239 g/mol. The quantitative estimate of drug-likeness (QED) is 0.839. The van der Waals surface area contributed by atoms with E-state index in [0.29, 0.717) is 12.5 Å². The lowest BCUT2D eigenvalue weighted by molar-refractivity contribution is -0.122. The van der Waals surface area contributed by atoms with Gasteiger partial charge in [-0.05, 0) is 32.4 Å². The average Bonchev–Trinajstić information content (AvgIpc) is 2.92. The highest BCUT2D eigenvalue weighted by Crippen LogP contribution is 2.49. The van der Waals surface area contributed by atoms with Gasteiger partial charge in [-0.15, -0.1) is 11.3 Å². The Morgan fingerprint density at radius 2 is 2.44 bits per heavy atom. The maximum Gasteiger partial charge on any atom is 0.223 e. The summed E-state index contributed by atoms with van der Waals surface area (Å²) in [7, 11) is 0. The number of aryl methyl sites for hydroxylation is 1. The van der Waals surface area contributed by atoms with Gasteiger partial charge in [-0.1, -0.05) is 0 Å². The zero-order chi connectivity index (χ0) is 11.7. The zero-order valence-electron chi connectivity index (χ0n) is 9.56. The van der Waals surface area contributed by atoms with Crippen LogP contribution in [0.25, 0.3) is 0 Å². The lowest BCUT2D eigenvalue weighted by atomic mass is 10.2. The molecule has 0 radical (unpaired) electrons. The third kappa shape index (κ3) is 2.62. The number of amides is 1. The molecular formula is C12H17NO2S. The van der Waals surface area contributed by atoms with E-state index in [0.717, 1.165) is 6.42 Å². The van der Waals surface area contributed by atoms with E-state index in [1.165, 1.54) is 9.75 Å². The van der Waals surface area contributed by atoms with Crippen LogP contribution in [0.2, 0.25) is 0 Å². The molecule has 2 N–H and O–H groups in total. The molecule has 0 aromatic carbocycles. The maximum atomic E-state index is 11.7. The van der Waals surface area contributed by atoms with Gasteiger partial charge >= 0.3 is 0 Å². The standard InChI is InChI=1S/C12H17NO2S/c1-7(14)6-13-12(15)10-5-9(10)11-4-3-8(2)16-11/h3-4,7,9-10,14H,5-6H2,1-2H3,(H,13,15). The van der Waals surface area contributed by atoms with Gasteiger partial charge in [-0.3, -0.25) is 4.79 Å². The molecule has 1 aliphatic carbocycles. The summed E-state index contributed by atoms with van der Waals surface area (Å²) in [6, 6.07) is 4.22. The van der Waals surface area contributed by atoms with E-state index in [1.54, 1.807) is 18.3 Å². The van der Waals surface area contributed by atoms with Crippen LogP contribution in [0, 0.1) is 12.8 Å². The lowest BCUT2D eigenvalue weighted by Gasteiger charge is -2.06. The van der Waals surface area contributed by atoms with E-state index in [9.17, 15) is 4.79 Å². The second-order valence-corrected chi connectivity index (χ2v) is 5.81. The van der Waals surface area contributed by atoms with E-state index >= 15 is 0 Å². The number of hydrogen-bond acceptors (Lipinski definition) is 3. The van der Waals surface area contributed by atoms with Crippen LogP contribution in [0.15, 0.2) is 12.1 Å². The summed E-state index contributed by atoms with van der Waals surface area (Å²) in [4.78, 5) is 14.3. The van der Waals surface area contributed by atoms with Crippen LogP contribution in [0.5, 0.6) is 0 Å². The number of thiophene rings is 1. The second kappa shape index (κ2) is 4.55. The molecule has 3 atom stereocenters. The van der Waals surface area contributed by atoms with Crippen molar-refractivity contribution >= 4 is 17.2 Å². The molecule has 1 amide bonds. The Labute approximate surface area is 99.5 Å². The fraction of sp³-hybridized carbons (Fsp3) is 0.583. The zero-order valence-corrected chi connectivity index (χ0v) is 10.4. The van der Waals surface area contributed by atoms with Crippen LogP contribution in [-0.2, 0) is 4.79 Å².